The summed E-state index contributed by atoms with van der Waals surface area (Å²) in [4.78, 5) is 8.36. The Morgan fingerprint density at radius 3 is 2.07 bits per heavy atom. The van der Waals surface area contributed by atoms with Crippen molar-refractivity contribution in [3.8, 4) is 5.75 Å². The Bertz CT molecular complexity index is 920. The van der Waals surface area contributed by atoms with Gasteiger partial charge < -0.3 is 4.74 Å². The van der Waals surface area contributed by atoms with Crippen LogP contribution in [0.4, 0.5) is 13.2 Å². The highest BCUT2D eigenvalue weighted by atomic mass is 19.1. The largest absolute Gasteiger partial charge is 0.483 e. The number of hydrogen-bond acceptors (Lipinski definition) is 3. The summed E-state index contributed by atoms with van der Waals surface area (Å²) in [5.41, 5.74) is 2.43. The van der Waals surface area contributed by atoms with Crippen molar-refractivity contribution in [2.75, 3.05) is 0 Å². The molecule has 3 nitrogen and oxygen atoms in total. The third-order valence-electron chi connectivity index (χ3n) is 4.15. The number of rotatable bonds is 6. The highest BCUT2D eigenvalue weighted by molar-refractivity contribution is 5.32. The van der Waals surface area contributed by atoms with Crippen LogP contribution in [0, 0.1) is 31.3 Å². The molecule has 1 heterocycles. The van der Waals surface area contributed by atoms with Gasteiger partial charge in [0.1, 0.15) is 18.2 Å². The molecule has 0 N–H and O–H groups in total. The van der Waals surface area contributed by atoms with Crippen LogP contribution in [0.5, 0.6) is 5.75 Å². The van der Waals surface area contributed by atoms with Gasteiger partial charge in [-0.2, -0.15) is 0 Å². The first-order chi connectivity index (χ1) is 12.9. The van der Waals surface area contributed by atoms with Gasteiger partial charge in [-0.15, -0.1) is 0 Å². The molecule has 27 heavy (non-hydrogen) atoms. The molecule has 0 aliphatic heterocycles. The van der Waals surface area contributed by atoms with Gasteiger partial charge in [-0.05, 0) is 60.7 Å². The molecule has 2 aromatic carbocycles. The number of aromatic nitrogens is 2. The second-order valence-electron chi connectivity index (χ2n) is 6.44. The normalized spacial score (nSPS) is 10.9. The van der Waals surface area contributed by atoms with E-state index in [4.69, 9.17) is 4.74 Å². The number of aryl methyl sites for hydroxylation is 4. The van der Waals surface area contributed by atoms with E-state index in [1.54, 1.807) is 31.5 Å². The number of halogens is 3. The predicted octanol–water partition coefficient (Wildman–Crippen LogP) is 4.87. The number of nitrogens with zero attached hydrogens (tertiary/aromatic N) is 2. The lowest BCUT2D eigenvalue weighted by atomic mass is 10.1. The summed E-state index contributed by atoms with van der Waals surface area (Å²) in [5.74, 6) is -1.81. The quantitative estimate of drug-likeness (QED) is 0.619. The summed E-state index contributed by atoms with van der Waals surface area (Å²) in [6.45, 7) is 3.40. The Labute approximate surface area is 155 Å². The maximum Gasteiger partial charge on any atom is 0.191 e. The molecular weight excluding hydrogens is 353 g/mol. The third-order valence-corrected chi connectivity index (χ3v) is 4.15. The van der Waals surface area contributed by atoms with Gasteiger partial charge in [0.2, 0.25) is 0 Å². The molecule has 0 atom stereocenters. The minimum atomic E-state index is -0.789. The summed E-state index contributed by atoms with van der Waals surface area (Å²) >= 11 is 0. The maximum absolute atomic E-state index is 14.3. The molecule has 0 spiro atoms. The SMILES string of the molecule is Cc1cnc(CCc2cc(F)c(OCc3ccc(C)c(F)c3)c(F)c2)nc1. The Balaban J connectivity index is 1.66. The van der Waals surface area contributed by atoms with E-state index < -0.39 is 17.4 Å². The molecule has 3 aromatic rings. The lowest BCUT2D eigenvalue weighted by Crippen LogP contribution is -2.03. The fourth-order valence-corrected chi connectivity index (χ4v) is 2.58. The van der Waals surface area contributed by atoms with Gasteiger partial charge in [0, 0.05) is 18.8 Å². The van der Waals surface area contributed by atoms with Gasteiger partial charge >= 0.3 is 0 Å². The van der Waals surface area contributed by atoms with Gasteiger partial charge in [0.25, 0.3) is 0 Å². The molecule has 0 aliphatic rings. The monoisotopic (exact) mass is 372 g/mol. The smallest absolute Gasteiger partial charge is 0.191 e. The summed E-state index contributed by atoms with van der Waals surface area (Å²) in [5, 5.41) is 0. The summed E-state index contributed by atoms with van der Waals surface area (Å²) < 4.78 is 47.3. The van der Waals surface area contributed by atoms with Crippen LogP contribution in [0.15, 0.2) is 42.7 Å². The van der Waals surface area contributed by atoms with Gasteiger partial charge in [-0.3, -0.25) is 0 Å². The molecular formula is C21H19F3N2O. The molecule has 0 aliphatic carbocycles. The minimum Gasteiger partial charge on any atom is -0.483 e. The Morgan fingerprint density at radius 1 is 0.815 bits per heavy atom. The zero-order chi connectivity index (χ0) is 19.4. The molecule has 6 heteroatoms. The zero-order valence-corrected chi connectivity index (χ0v) is 15.1. The standard InChI is InChI=1S/C21H19F3N2O/c1-13-10-25-20(26-11-13)6-5-15-7-18(23)21(19(24)8-15)27-12-16-4-3-14(2)17(22)9-16/h3-4,7-11H,5-6,12H2,1-2H3. The van der Waals surface area contributed by atoms with E-state index in [9.17, 15) is 13.2 Å². The van der Waals surface area contributed by atoms with Gasteiger partial charge in [0.05, 0.1) is 0 Å². The van der Waals surface area contributed by atoms with Crippen molar-refractivity contribution in [2.24, 2.45) is 0 Å². The highest BCUT2D eigenvalue weighted by Gasteiger charge is 2.14. The van der Waals surface area contributed by atoms with Crippen LogP contribution >= 0.6 is 0 Å². The third kappa shape index (κ3) is 4.84. The van der Waals surface area contributed by atoms with Crippen LogP contribution < -0.4 is 4.74 Å². The summed E-state index contributed by atoms with van der Waals surface area (Å²) in [6, 6.07) is 7.02. The van der Waals surface area contributed by atoms with Crippen LogP contribution in [0.25, 0.3) is 0 Å². The zero-order valence-electron chi connectivity index (χ0n) is 15.1. The van der Waals surface area contributed by atoms with Crippen molar-refractivity contribution in [1.82, 2.24) is 9.97 Å². The van der Waals surface area contributed by atoms with E-state index in [-0.39, 0.29) is 12.4 Å². The van der Waals surface area contributed by atoms with Crippen molar-refractivity contribution in [1.29, 1.82) is 0 Å². The highest BCUT2D eigenvalue weighted by Crippen LogP contribution is 2.25. The van der Waals surface area contributed by atoms with Gasteiger partial charge in [0.15, 0.2) is 17.4 Å². The van der Waals surface area contributed by atoms with Crippen LogP contribution in [-0.2, 0) is 19.4 Å². The lowest BCUT2D eigenvalue weighted by Gasteiger charge is -2.11. The van der Waals surface area contributed by atoms with Gasteiger partial charge in [-0.25, -0.2) is 23.1 Å². The molecule has 0 unspecified atom stereocenters. The van der Waals surface area contributed by atoms with E-state index in [1.807, 2.05) is 6.92 Å². The van der Waals surface area contributed by atoms with Crippen molar-refractivity contribution in [3.63, 3.8) is 0 Å². The van der Waals surface area contributed by atoms with E-state index in [1.165, 1.54) is 18.2 Å². The van der Waals surface area contributed by atoms with E-state index in [0.29, 0.717) is 35.4 Å². The molecule has 0 saturated carbocycles. The van der Waals surface area contributed by atoms with Crippen molar-refractivity contribution in [2.45, 2.75) is 33.3 Å². The van der Waals surface area contributed by atoms with Crippen LogP contribution in [0.2, 0.25) is 0 Å². The average molecular weight is 372 g/mol. The molecule has 140 valence electrons. The fraction of sp³-hybridized carbons (Fsp3) is 0.238. The van der Waals surface area contributed by atoms with Crippen LogP contribution in [0.1, 0.15) is 28.1 Å². The van der Waals surface area contributed by atoms with Crippen molar-refractivity contribution in [3.05, 3.63) is 88.3 Å². The minimum absolute atomic E-state index is 0.123. The average Bonchev–Trinajstić information content (AvgIpc) is 2.63. The second kappa shape index (κ2) is 8.20. The number of hydrogen-bond donors (Lipinski definition) is 0. The van der Waals surface area contributed by atoms with Crippen LogP contribution in [0.3, 0.4) is 0 Å². The van der Waals surface area contributed by atoms with Gasteiger partial charge in [-0.1, -0.05) is 12.1 Å². The van der Waals surface area contributed by atoms with Crippen molar-refractivity contribution >= 4 is 0 Å². The summed E-state index contributed by atoms with van der Waals surface area (Å²) in [6.07, 6.45) is 4.28. The predicted molar refractivity (Wildman–Crippen MR) is 96.0 cm³/mol. The lowest BCUT2D eigenvalue weighted by molar-refractivity contribution is 0.273. The number of ether oxygens (including phenoxy) is 1. The topological polar surface area (TPSA) is 35.0 Å². The Kier molecular flexibility index (Phi) is 5.74. The Morgan fingerprint density at radius 2 is 1.44 bits per heavy atom. The molecule has 0 fully saturated rings. The van der Waals surface area contributed by atoms with Crippen LogP contribution in [-0.4, -0.2) is 9.97 Å². The Hall–Kier alpha value is -2.89. The van der Waals surface area contributed by atoms with E-state index >= 15 is 0 Å². The molecule has 1 aromatic heterocycles. The first-order valence-electron chi connectivity index (χ1n) is 8.55. The molecule has 3 rings (SSSR count). The van der Waals surface area contributed by atoms with Crippen molar-refractivity contribution < 1.29 is 17.9 Å². The molecule has 0 radical (unpaired) electrons. The fourth-order valence-electron chi connectivity index (χ4n) is 2.58. The van der Waals surface area contributed by atoms with E-state index in [0.717, 1.165) is 5.56 Å². The molecule has 0 amide bonds. The first kappa shape index (κ1) is 18.9. The maximum atomic E-state index is 14.3. The second-order valence-corrected chi connectivity index (χ2v) is 6.44. The molecule has 0 saturated heterocycles. The number of benzene rings is 2. The molecule has 0 bridgehead atoms. The van der Waals surface area contributed by atoms with E-state index in [2.05, 4.69) is 9.97 Å². The summed E-state index contributed by atoms with van der Waals surface area (Å²) in [7, 11) is 0. The first-order valence-corrected chi connectivity index (χ1v) is 8.55.